The highest BCUT2D eigenvalue weighted by molar-refractivity contribution is 5.81. The minimum atomic E-state index is -4.32. The monoisotopic (exact) mass is 429 g/mol. The fraction of sp³-hybridized carbons (Fsp3) is 0.727. The number of rotatable bonds is 7. The largest absolute Gasteiger partial charge is 0.395 e. The van der Waals surface area contributed by atoms with Gasteiger partial charge >= 0.3 is 6.18 Å². The van der Waals surface area contributed by atoms with Crippen molar-refractivity contribution in [2.75, 3.05) is 19.6 Å². The van der Waals surface area contributed by atoms with Crippen LogP contribution in [0.1, 0.15) is 47.0 Å². The summed E-state index contributed by atoms with van der Waals surface area (Å²) in [6, 6.07) is 0.769. The zero-order chi connectivity index (χ0) is 22.5. The van der Waals surface area contributed by atoms with Gasteiger partial charge in [0.25, 0.3) is 0 Å². The number of piperidine rings is 1. The van der Waals surface area contributed by atoms with Crippen molar-refractivity contribution in [2.24, 2.45) is 23.2 Å². The molecule has 0 aromatic heterocycles. The molecule has 1 heterocycles. The van der Waals surface area contributed by atoms with Crippen LogP contribution in [0.5, 0.6) is 0 Å². The lowest BCUT2D eigenvalue weighted by molar-refractivity contribution is -0.160. The molecule has 1 aliphatic heterocycles. The number of fused-ring (bicyclic) bond motifs is 1. The summed E-state index contributed by atoms with van der Waals surface area (Å²) in [6.07, 6.45) is 2.41. The van der Waals surface area contributed by atoms with Gasteiger partial charge in [-0.05, 0) is 55.6 Å². The maximum atomic E-state index is 12.4. The zero-order valence-corrected chi connectivity index (χ0v) is 18.3. The molecule has 0 radical (unpaired) electrons. The van der Waals surface area contributed by atoms with Gasteiger partial charge < -0.3 is 10.6 Å². The van der Waals surface area contributed by atoms with E-state index in [1.165, 1.54) is 38.1 Å². The van der Waals surface area contributed by atoms with Gasteiger partial charge in [0.2, 0.25) is 12.3 Å². The molecule has 3 rings (SSSR count). The van der Waals surface area contributed by atoms with E-state index in [1.807, 2.05) is 0 Å². The van der Waals surface area contributed by atoms with Crippen molar-refractivity contribution < 1.29 is 22.8 Å². The van der Waals surface area contributed by atoms with Crippen molar-refractivity contribution in [1.82, 2.24) is 15.5 Å². The first-order valence-corrected chi connectivity index (χ1v) is 10.6. The number of amides is 2. The molecule has 4 unspecified atom stereocenters. The molecule has 4 atom stereocenters. The van der Waals surface area contributed by atoms with Crippen molar-refractivity contribution in [3.05, 3.63) is 23.9 Å². The summed E-state index contributed by atoms with van der Waals surface area (Å²) in [7, 11) is 0. The lowest BCUT2D eigenvalue weighted by Crippen LogP contribution is -2.42. The predicted molar refractivity (Wildman–Crippen MR) is 110 cm³/mol. The topological polar surface area (TPSA) is 61.4 Å². The van der Waals surface area contributed by atoms with Gasteiger partial charge in [-0.1, -0.05) is 26.8 Å². The first-order valence-electron chi connectivity index (χ1n) is 10.6. The Labute approximate surface area is 177 Å². The van der Waals surface area contributed by atoms with Crippen LogP contribution in [0.25, 0.3) is 0 Å². The van der Waals surface area contributed by atoms with Gasteiger partial charge in [0, 0.05) is 24.8 Å². The standard InChI is InChI=1S/C12H23N.C10H11F3N2O2/c1-5-12(3,4)9(2)13-7-10-6-11(10)8-13;11-10(12,13)7-2-1-3-8(4-7)15-9(17)5-14-6-16/h9-11H,5-8H2,1-4H3;1,3-4,6-7H,2,5H2,(H,14,16)(H,15,17). The second-order valence-electron chi connectivity index (χ2n) is 9.18. The van der Waals surface area contributed by atoms with E-state index in [4.69, 9.17) is 0 Å². The Morgan fingerprint density at radius 2 is 1.93 bits per heavy atom. The molecule has 0 aromatic carbocycles. The first kappa shape index (κ1) is 24.4. The Morgan fingerprint density at radius 1 is 1.30 bits per heavy atom. The van der Waals surface area contributed by atoms with E-state index >= 15 is 0 Å². The molecular weight excluding hydrogens is 395 g/mol. The predicted octanol–water partition coefficient (Wildman–Crippen LogP) is 3.63. The van der Waals surface area contributed by atoms with E-state index in [2.05, 4.69) is 43.2 Å². The van der Waals surface area contributed by atoms with Crippen LogP contribution in [0.2, 0.25) is 0 Å². The van der Waals surface area contributed by atoms with Crippen LogP contribution in [-0.4, -0.2) is 49.1 Å². The summed E-state index contributed by atoms with van der Waals surface area (Å²) in [5, 5.41) is 4.38. The Morgan fingerprint density at radius 3 is 2.47 bits per heavy atom. The molecule has 8 heteroatoms. The molecule has 0 spiro atoms. The van der Waals surface area contributed by atoms with E-state index in [9.17, 15) is 22.8 Å². The Bertz CT molecular complexity index is 663. The van der Waals surface area contributed by atoms with E-state index < -0.39 is 18.0 Å². The second kappa shape index (κ2) is 9.98. The SMILES string of the molecule is CCC(C)(C)C(C)N1CC2CC2C1.O=CNCC(=O)NC1=CC(C(F)(F)F)CC=C1. The maximum absolute atomic E-state index is 12.4. The average molecular weight is 430 g/mol. The lowest BCUT2D eigenvalue weighted by atomic mass is 9.82. The Kier molecular flexibility index (Phi) is 8.13. The minimum Gasteiger partial charge on any atom is -0.350 e. The quantitative estimate of drug-likeness (QED) is 0.608. The van der Waals surface area contributed by atoms with Crippen molar-refractivity contribution in [3.63, 3.8) is 0 Å². The summed E-state index contributed by atoms with van der Waals surface area (Å²) < 4.78 is 37.2. The van der Waals surface area contributed by atoms with Crippen LogP contribution >= 0.6 is 0 Å². The van der Waals surface area contributed by atoms with Crippen LogP contribution in [0.3, 0.4) is 0 Å². The molecule has 2 fully saturated rings. The van der Waals surface area contributed by atoms with Gasteiger partial charge in [0.05, 0.1) is 12.5 Å². The number of nitrogens with zero attached hydrogens (tertiary/aromatic N) is 1. The number of likely N-dealkylation sites (tertiary alicyclic amines) is 1. The van der Waals surface area contributed by atoms with E-state index in [1.54, 1.807) is 0 Å². The molecule has 2 aliphatic carbocycles. The second-order valence-corrected chi connectivity index (χ2v) is 9.18. The number of carbonyl (C=O) groups excluding carboxylic acids is 2. The number of nitrogens with one attached hydrogen (secondary N) is 2. The third kappa shape index (κ3) is 6.86. The number of carbonyl (C=O) groups is 2. The molecule has 2 amide bonds. The molecule has 3 aliphatic rings. The first-order chi connectivity index (χ1) is 14.0. The van der Waals surface area contributed by atoms with E-state index in [0.29, 0.717) is 11.8 Å². The van der Waals surface area contributed by atoms with Crippen molar-refractivity contribution >= 4 is 12.3 Å². The molecule has 1 saturated heterocycles. The Balaban J connectivity index is 0.000000220. The van der Waals surface area contributed by atoms with Crippen LogP contribution < -0.4 is 10.6 Å². The zero-order valence-electron chi connectivity index (χ0n) is 18.3. The number of halogens is 3. The molecule has 170 valence electrons. The molecule has 5 nitrogen and oxygen atoms in total. The lowest BCUT2D eigenvalue weighted by Gasteiger charge is -2.38. The van der Waals surface area contributed by atoms with Crippen LogP contribution in [0, 0.1) is 23.2 Å². The van der Waals surface area contributed by atoms with Crippen LogP contribution in [0.15, 0.2) is 23.9 Å². The molecule has 1 saturated carbocycles. The van der Waals surface area contributed by atoms with Gasteiger partial charge in [-0.2, -0.15) is 13.2 Å². The van der Waals surface area contributed by atoms with Crippen LogP contribution in [-0.2, 0) is 9.59 Å². The average Bonchev–Trinajstić information content (AvgIpc) is 3.31. The van der Waals surface area contributed by atoms with E-state index in [-0.39, 0.29) is 18.7 Å². The van der Waals surface area contributed by atoms with Gasteiger partial charge in [-0.15, -0.1) is 0 Å². The number of alkyl halides is 3. The summed E-state index contributed by atoms with van der Waals surface area (Å²) in [6.45, 7) is 12.0. The highest BCUT2D eigenvalue weighted by Crippen LogP contribution is 2.47. The third-order valence-electron chi connectivity index (χ3n) is 6.72. The molecule has 30 heavy (non-hydrogen) atoms. The number of hydrogen-bond acceptors (Lipinski definition) is 3. The summed E-state index contributed by atoms with van der Waals surface area (Å²) in [5.74, 6) is 0.00265. The Hall–Kier alpha value is -1.83. The summed E-state index contributed by atoms with van der Waals surface area (Å²) >= 11 is 0. The minimum absolute atomic E-state index is 0.0938. The molecular formula is C22H34F3N3O2. The van der Waals surface area contributed by atoms with Crippen molar-refractivity contribution in [2.45, 2.75) is 59.2 Å². The smallest absolute Gasteiger partial charge is 0.350 e. The summed E-state index contributed by atoms with van der Waals surface area (Å²) in [5.41, 5.74) is 0.591. The molecule has 2 N–H and O–H groups in total. The highest BCUT2D eigenvalue weighted by Gasteiger charge is 2.47. The van der Waals surface area contributed by atoms with Crippen LogP contribution in [0.4, 0.5) is 13.2 Å². The third-order valence-corrected chi connectivity index (χ3v) is 6.72. The highest BCUT2D eigenvalue weighted by atomic mass is 19.4. The van der Waals surface area contributed by atoms with Gasteiger partial charge in [-0.3, -0.25) is 14.5 Å². The van der Waals surface area contributed by atoms with Crippen molar-refractivity contribution in [1.29, 1.82) is 0 Å². The molecule has 0 aromatic rings. The van der Waals surface area contributed by atoms with Gasteiger partial charge in [-0.25, -0.2) is 0 Å². The fourth-order valence-electron chi connectivity index (χ4n) is 3.87. The fourth-order valence-corrected chi connectivity index (χ4v) is 3.87. The normalized spacial score (nSPS) is 26.6. The summed E-state index contributed by atoms with van der Waals surface area (Å²) in [4.78, 5) is 23.8. The van der Waals surface area contributed by atoms with E-state index in [0.717, 1.165) is 24.0 Å². The number of hydrogen-bond donors (Lipinski definition) is 2. The van der Waals surface area contributed by atoms with Gasteiger partial charge in [0.15, 0.2) is 0 Å². The van der Waals surface area contributed by atoms with Gasteiger partial charge in [0.1, 0.15) is 0 Å². The van der Waals surface area contributed by atoms with Crippen molar-refractivity contribution in [3.8, 4) is 0 Å². The maximum Gasteiger partial charge on any atom is 0.395 e. The molecule has 0 bridgehead atoms. The number of allylic oxidation sites excluding steroid dienone is 3.